The number of nitrogens with one attached hydrogen (secondary N) is 1. The highest BCUT2D eigenvalue weighted by Crippen LogP contribution is 2.05. The predicted molar refractivity (Wildman–Crippen MR) is 58.3 cm³/mol. The Morgan fingerprint density at radius 3 is 2.40 bits per heavy atom. The number of benzene rings is 1. The minimum Gasteiger partial charge on any atom is -0.380 e. The van der Waals surface area contributed by atoms with Crippen LogP contribution in [0.1, 0.15) is 15.9 Å². The highest BCUT2D eigenvalue weighted by Gasteiger charge is 2.05. The lowest BCUT2D eigenvalue weighted by molar-refractivity contribution is 0.0857. The maximum absolute atomic E-state index is 11.5. The van der Waals surface area contributed by atoms with Gasteiger partial charge in [-0.25, -0.2) is 5.01 Å². The van der Waals surface area contributed by atoms with Crippen LogP contribution in [-0.4, -0.2) is 32.1 Å². The summed E-state index contributed by atoms with van der Waals surface area (Å²) in [5, 5.41) is 1.62. The molecule has 0 atom stereocenters. The molecule has 1 aromatic rings. The Hall–Kier alpha value is -1.39. The summed E-state index contributed by atoms with van der Waals surface area (Å²) in [4.78, 5) is 11.5. The standard InChI is InChI=1S/C11H16N2O2/c1-13(2)12-11(14)10-6-4-9(5-7-10)8-15-3/h4-7H,8H2,1-3H3,(H,12,14). The first-order valence-corrected chi connectivity index (χ1v) is 4.69. The molecule has 1 aromatic carbocycles. The lowest BCUT2D eigenvalue weighted by Crippen LogP contribution is -2.36. The number of hydrogen-bond donors (Lipinski definition) is 1. The molecule has 0 aliphatic carbocycles. The fraction of sp³-hybridized carbons (Fsp3) is 0.364. The van der Waals surface area contributed by atoms with Crippen LogP contribution < -0.4 is 5.43 Å². The van der Waals surface area contributed by atoms with Crippen LogP contribution in [0.15, 0.2) is 24.3 Å². The molecule has 82 valence electrons. The number of amides is 1. The van der Waals surface area contributed by atoms with Gasteiger partial charge in [-0.1, -0.05) is 12.1 Å². The zero-order chi connectivity index (χ0) is 11.3. The van der Waals surface area contributed by atoms with Crippen molar-refractivity contribution < 1.29 is 9.53 Å². The van der Waals surface area contributed by atoms with Crippen LogP contribution in [-0.2, 0) is 11.3 Å². The lowest BCUT2D eigenvalue weighted by Gasteiger charge is -2.11. The largest absolute Gasteiger partial charge is 0.380 e. The fourth-order valence-corrected chi connectivity index (χ4v) is 1.19. The van der Waals surface area contributed by atoms with Gasteiger partial charge in [-0.2, -0.15) is 0 Å². The van der Waals surface area contributed by atoms with Gasteiger partial charge in [-0.3, -0.25) is 10.2 Å². The second-order valence-electron chi connectivity index (χ2n) is 3.47. The average Bonchev–Trinajstić information content (AvgIpc) is 2.18. The summed E-state index contributed by atoms with van der Waals surface area (Å²) >= 11 is 0. The molecule has 0 aliphatic rings. The van der Waals surface area contributed by atoms with E-state index in [0.29, 0.717) is 12.2 Å². The Balaban J connectivity index is 2.67. The molecule has 0 radical (unpaired) electrons. The molecule has 0 aromatic heterocycles. The number of ether oxygens (including phenoxy) is 1. The third kappa shape index (κ3) is 3.69. The Bertz CT molecular complexity index is 320. The van der Waals surface area contributed by atoms with E-state index in [2.05, 4.69) is 5.43 Å². The molecule has 0 spiro atoms. The molecule has 1 rings (SSSR count). The van der Waals surface area contributed by atoms with Gasteiger partial charge in [0, 0.05) is 26.8 Å². The van der Waals surface area contributed by atoms with Gasteiger partial charge in [0.05, 0.1) is 6.61 Å². The highest BCUT2D eigenvalue weighted by atomic mass is 16.5. The van der Waals surface area contributed by atoms with E-state index >= 15 is 0 Å². The van der Waals surface area contributed by atoms with E-state index in [1.807, 2.05) is 12.1 Å². The van der Waals surface area contributed by atoms with Crippen molar-refractivity contribution in [1.29, 1.82) is 0 Å². The van der Waals surface area contributed by atoms with Crippen molar-refractivity contribution in [3.8, 4) is 0 Å². The van der Waals surface area contributed by atoms with E-state index in [1.165, 1.54) is 0 Å². The Kier molecular flexibility index (Phi) is 4.27. The zero-order valence-electron chi connectivity index (χ0n) is 9.28. The van der Waals surface area contributed by atoms with E-state index in [4.69, 9.17) is 4.74 Å². The molecule has 0 fully saturated rings. The van der Waals surface area contributed by atoms with Crippen molar-refractivity contribution in [1.82, 2.24) is 10.4 Å². The number of carbonyl (C=O) groups is 1. The van der Waals surface area contributed by atoms with Crippen LogP contribution >= 0.6 is 0 Å². The monoisotopic (exact) mass is 208 g/mol. The van der Waals surface area contributed by atoms with Crippen molar-refractivity contribution in [2.24, 2.45) is 0 Å². The van der Waals surface area contributed by atoms with Crippen LogP contribution in [0.2, 0.25) is 0 Å². The summed E-state index contributed by atoms with van der Waals surface area (Å²) in [6.07, 6.45) is 0. The van der Waals surface area contributed by atoms with E-state index in [9.17, 15) is 4.79 Å². The SMILES string of the molecule is COCc1ccc(C(=O)NN(C)C)cc1. The Labute approximate surface area is 89.8 Å². The van der Waals surface area contributed by atoms with E-state index in [0.717, 1.165) is 5.56 Å². The molecule has 4 nitrogen and oxygen atoms in total. The molecule has 0 unspecified atom stereocenters. The first kappa shape index (κ1) is 11.7. The molecule has 0 saturated carbocycles. The van der Waals surface area contributed by atoms with Crippen LogP contribution in [0, 0.1) is 0 Å². The number of hydrogen-bond acceptors (Lipinski definition) is 3. The van der Waals surface area contributed by atoms with Crippen molar-refractivity contribution in [3.05, 3.63) is 35.4 Å². The lowest BCUT2D eigenvalue weighted by atomic mass is 10.1. The van der Waals surface area contributed by atoms with E-state index in [1.54, 1.807) is 38.3 Å². The van der Waals surface area contributed by atoms with E-state index < -0.39 is 0 Å². The number of carbonyl (C=O) groups excluding carboxylic acids is 1. The minimum atomic E-state index is -0.107. The highest BCUT2D eigenvalue weighted by molar-refractivity contribution is 5.93. The van der Waals surface area contributed by atoms with Gasteiger partial charge in [0.15, 0.2) is 0 Å². The van der Waals surface area contributed by atoms with E-state index in [-0.39, 0.29) is 5.91 Å². The molecule has 0 heterocycles. The van der Waals surface area contributed by atoms with Gasteiger partial charge < -0.3 is 4.74 Å². The van der Waals surface area contributed by atoms with Gasteiger partial charge in [-0.05, 0) is 17.7 Å². The fourth-order valence-electron chi connectivity index (χ4n) is 1.19. The minimum absolute atomic E-state index is 0.107. The second kappa shape index (κ2) is 5.48. The smallest absolute Gasteiger partial charge is 0.265 e. The summed E-state index contributed by atoms with van der Waals surface area (Å²) < 4.78 is 4.98. The molecule has 0 saturated heterocycles. The van der Waals surface area contributed by atoms with Crippen LogP contribution in [0.5, 0.6) is 0 Å². The third-order valence-electron chi connectivity index (χ3n) is 1.85. The molecule has 0 bridgehead atoms. The van der Waals surface area contributed by atoms with Crippen LogP contribution in [0.3, 0.4) is 0 Å². The van der Waals surface area contributed by atoms with Crippen molar-refractivity contribution >= 4 is 5.91 Å². The summed E-state index contributed by atoms with van der Waals surface area (Å²) in [6, 6.07) is 7.34. The Morgan fingerprint density at radius 2 is 1.93 bits per heavy atom. The molecular formula is C11H16N2O2. The van der Waals surface area contributed by atoms with Crippen molar-refractivity contribution in [2.45, 2.75) is 6.61 Å². The number of hydrazine groups is 1. The molecule has 15 heavy (non-hydrogen) atoms. The molecular weight excluding hydrogens is 192 g/mol. The first-order chi connectivity index (χ1) is 7.13. The Morgan fingerprint density at radius 1 is 1.33 bits per heavy atom. The van der Waals surface area contributed by atoms with Crippen LogP contribution in [0.4, 0.5) is 0 Å². The molecule has 0 aliphatic heterocycles. The molecule has 1 N–H and O–H groups in total. The van der Waals surface area contributed by atoms with Gasteiger partial charge in [0.25, 0.3) is 5.91 Å². The van der Waals surface area contributed by atoms with Crippen LogP contribution in [0.25, 0.3) is 0 Å². The van der Waals surface area contributed by atoms with Gasteiger partial charge in [-0.15, -0.1) is 0 Å². The normalized spacial score (nSPS) is 10.4. The molecule has 1 amide bonds. The number of nitrogens with zero attached hydrogens (tertiary/aromatic N) is 1. The van der Waals surface area contributed by atoms with Crippen molar-refractivity contribution in [3.63, 3.8) is 0 Å². The van der Waals surface area contributed by atoms with Gasteiger partial charge in [0.1, 0.15) is 0 Å². The van der Waals surface area contributed by atoms with Gasteiger partial charge >= 0.3 is 0 Å². The average molecular weight is 208 g/mol. The van der Waals surface area contributed by atoms with Crippen molar-refractivity contribution in [2.75, 3.05) is 21.2 Å². The first-order valence-electron chi connectivity index (χ1n) is 4.69. The number of rotatable bonds is 4. The second-order valence-corrected chi connectivity index (χ2v) is 3.47. The summed E-state index contributed by atoms with van der Waals surface area (Å²) in [5.74, 6) is -0.107. The quantitative estimate of drug-likeness (QED) is 0.752. The summed E-state index contributed by atoms with van der Waals surface area (Å²) in [6.45, 7) is 0.565. The molecule has 4 heteroatoms. The summed E-state index contributed by atoms with van der Waals surface area (Å²) in [5.41, 5.74) is 4.37. The maximum Gasteiger partial charge on any atom is 0.265 e. The zero-order valence-corrected chi connectivity index (χ0v) is 9.28. The topological polar surface area (TPSA) is 41.6 Å². The van der Waals surface area contributed by atoms with Gasteiger partial charge in [0.2, 0.25) is 0 Å². The maximum atomic E-state index is 11.5. The predicted octanol–water partition coefficient (Wildman–Crippen LogP) is 1.04. The number of methoxy groups -OCH3 is 1. The third-order valence-corrected chi connectivity index (χ3v) is 1.85. The summed E-state index contributed by atoms with van der Waals surface area (Å²) in [7, 11) is 5.20.